The second kappa shape index (κ2) is 6.52. The number of amides is 1. The van der Waals surface area contributed by atoms with Crippen LogP contribution >= 0.6 is 11.3 Å². The van der Waals surface area contributed by atoms with Gasteiger partial charge in [0, 0.05) is 17.7 Å². The zero-order valence-corrected chi connectivity index (χ0v) is 12.3. The highest BCUT2D eigenvalue weighted by Crippen LogP contribution is 2.26. The van der Waals surface area contributed by atoms with Crippen molar-refractivity contribution in [3.05, 3.63) is 35.2 Å². The van der Waals surface area contributed by atoms with Gasteiger partial charge in [0.05, 0.1) is 0 Å². The van der Waals surface area contributed by atoms with Gasteiger partial charge in [-0.15, -0.1) is 11.3 Å². The lowest BCUT2D eigenvalue weighted by molar-refractivity contribution is -0.146. The van der Waals surface area contributed by atoms with Crippen LogP contribution in [0.1, 0.15) is 19.4 Å². The number of carbonyl (C=O) groups is 2. The highest BCUT2D eigenvalue weighted by molar-refractivity contribution is 7.17. The number of fused-ring (bicyclic) bond motifs is 1. The van der Waals surface area contributed by atoms with Crippen molar-refractivity contribution >= 4 is 33.3 Å². The molecule has 0 saturated carbocycles. The monoisotopic (exact) mass is 291 g/mol. The van der Waals surface area contributed by atoms with Crippen LogP contribution in [0.5, 0.6) is 0 Å². The molecule has 0 unspecified atom stereocenters. The van der Waals surface area contributed by atoms with Crippen LogP contribution in [0.15, 0.2) is 29.6 Å². The Hall–Kier alpha value is -1.88. The summed E-state index contributed by atoms with van der Waals surface area (Å²) in [7, 11) is 0. The van der Waals surface area contributed by atoms with E-state index in [1.54, 1.807) is 11.3 Å². The van der Waals surface area contributed by atoms with E-state index >= 15 is 0 Å². The zero-order valence-electron chi connectivity index (χ0n) is 11.5. The molecule has 1 aromatic heterocycles. The SMILES string of the molecule is CC(=O)OCC(=O)N[C@@H](C)Cc1csc2ccccc12. The molecule has 20 heavy (non-hydrogen) atoms. The maximum atomic E-state index is 11.6. The van der Waals surface area contributed by atoms with Gasteiger partial charge in [-0.3, -0.25) is 9.59 Å². The van der Waals surface area contributed by atoms with Crippen LogP contribution in [-0.4, -0.2) is 24.5 Å². The minimum atomic E-state index is -0.448. The molecule has 0 radical (unpaired) electrons. The summed E-state index contributed by atoms with van der Waals surface area (Å²) in [6.07, 6.45) is 0.760. The molecule has 1 N–H and O–H groups in total. The second-order valence-electron chi connectivity index (χ2n) is 4.71. The van der Waals surface area contributed by atoms with E-state index < -0.39 is 5.97 Å². The molecule has 0 bridgehead atoms. The summed E-state index contributed by atoms with van der Waals surface area (Å²) in [4.78, 5) is 22.2. The number of thiophene rings is 1. The molecule has 2 aromatic rings. The summed E-state index contributed by atoms with van der Waals surface area (Å²) in [6, 6.07) is 8.22. The van der Waals surface area contributed by atoms with Crippen LogP contribution in [0.25, 0.3) is 10.1 Å². The molecule has 1 amide bonds. The van der Waals surface area contributed by atoms with Crippen molar-refractivity contribution in [1.29, 1.82) is 0 Å². The van der Waals surface area contributed by atoms with Crippen LogP contribution in [0, 0.1) is 0 Å². The first kappa shape index (κ1) is 14.5. The molecule has 0 aliphatic rings. The molecule has 1 heterocycles. The second-order valence-corrected chi connectivity index (χ2v) is 5.62. The van der Waals surface area contributed by atoms with Crippen LogP contribution in [0.2, 0.25) is 0 Å². The first-order valence-corrected chi connectivity index (χ1v) is 7.32. The van der Waals surface area contributed by atoms with Crippen LogP contribution in [0.3, 0.4) is 0 Å². The van der Waals surface area contributed by atoms with Crippen LogP contribution < -0.4 is 5.32 Å². The fourth-order valence-electron chi connectivity index (χ4n) is 2.06. The topological polar surface area (TPSA) is 55.4 Å². The predicted molar refractivity (Wildman–Crippen MR) is 79.8 cm³/mol. The van der Waals surface area contributed by atoms with Gasteiger partial charge in [-0.05, 0) is 35.7 Å². The average Bonchev–Trinajstić information content (AvgIpc) is 2.80. The van der Waals surface area contributed by atoms with Crippen molar-refractivity contribution in [2.45, 2.75) is 26.3 Å². The lowest BCUT2D eigenvalue weighted by Gasteiger charge is -2.13. The third kappa shape index (κ3) is 3.81. The number of carbonyl (C=O) groups excluding carboxylic acids is 2. The third-order valence-electron chi connectivity index (χ3n) is 2.90. The fraction of sp³-hybridized carbons (Fsp3) is 0.333. The highest BCUT2D eigenvalue weighted by atomic mass is 32.1. The average molecular weight is 291 g/mol. The smallest absolute Gasteiger partial charge is 0.303 e. The number of esters is 1. The Bertz CT molecular complexity index is 620. The molecule has 0 aliphatic carbocycles. The molecule has 5 heteroatoms. The number of hydrogen-bond donors (Lipinski definition) is 1. The maximum Gasteiger partial charge on any atom is 0.303 e. The molecule has 0 fully saturated rings. The molecular weight excluding hydrogens is 274 g/mol. The van der Waals surface area contributed by atoms with E-state index in [1.165, 1.54) is 22.6 Å². The van der Waals surface area contributed by atoms with Gasteiger partial charge in [0.25, 0.3) is 5.91 Å². The van der Waals surface area contributed by atoms with Gasteiger partial charge in [-0.1, -0.05) is 18.2 Å². The van der Waals surface area contributed by atoms with Crippen molar-refractivity contribution in [3.63, 3.8) is 0 Å². The molecule has 0 saturated heterocycles. The Kier molecular flexibility index (Phi) is 4.74. The maximum absolute atomic E-state index is 11.6. The Morgan fingerprint density at radius 2 is 2.10 bits per heavy atom. The molecule has 1 atom stereocenters. The molecule has 106 valence electrons. The van der Waals surface area contributed by atoms with Crippen molar-refractivity contribution < 1.29 is 14.3 Å². The van der Waals surface area contributed by atoms with E-state index in [1.807, 2.05) is 19.1 Å². The number of ether oxygens (including phenoxy) is 1. The van der Waals surface area contributed by atoms with E-state index in [2.05, 4.69) is 27.6 Å². The van der Waals surface area contributed by atoms with Crippen molar-refractivity contribution in [2.24, 2.45) is 0 Å². The molecule has 0 aliphatic heterocycles. The van der Waals surface area contributed by atoms with E-state index in [4.69, 9.17) is 0 Å². The summed E-state index contributed by atoms with van der Waals surface area (Å²) in [5.41, 5.74) is 1.23. The third-order valence-corrected chi connectivity index (χ3v) is 3.91. The number of rotatable bonds is 5. The van der Waals surface area contributed by atoms with Crippen LogP contribution in [-0.2, 0) is 20.7 Å². The van der Waals surface area contributed by atoms with Crippen molar-refractivity contribution in [1.82, 2.24) is 5.32 Å². The van der Waals surface area contributed by atoms with Gasteiger partial charge in [0.15, 0.2) is 6.61 Å². The van der Waals surface area contributed by atoms with Gasteiger partial charge in [0.2, 0.25) is 0 Å². The van der Waals surface area contributed by atoms with Gasteiger partial charge >= 0.3 is 5.97 Å². The molecule has 2 rings (SSSR count). The standard InChI is InChI=1S/C15H17NO3S/c1-10(16-15(18)8-19-11(2)17)7-12-9-20-14-6-4-3-5-13(12)14/h3-6,9-10H,7-8H2,1-2H3,(H,16,18)/t10-/m0/s1. The largest absolute Gasteiger partial charge is 0.456 e. The summed E-state index contributed by atoms with van der Waals surface area (Å²) >= 11 is 1.71. The zero-order chi connectivity index (χ0) is 14.5. The minimum Gasteiger partial charge on any atom is -0.456 e. The highest BCUT2D eigenvalue weighted by Gasteiger charge is 2.11. The summed E-state index contributed by atoms with van der Waals surface area (Å²) in [6.45, 7) is 3.01. The first-order chi connectivity index (χ1) is 9.56. The van der Waals surface area contributed by atoms with Gasteiger partial charge < -0.3 is 10.1 Å². The van der Waals surface area contributed by atoms with E-state index in [-0.39, 0.29) is 18.6 Å². The number of hydrogen-bond acceptors (Lipinski definition) is 4. The van der Waals surface area contributed by atoms with Crippen molar-refractivity contribution in [3.8, 4) is 0 Å². The lowest BCUT2D eigenvalue weighted by atomic mass is 10.1. The number of benzene rings is 1. The summed E-state index contributed by atoms with van der Waals surface area (Å²) in [5, 5.41) is 6.19. The van der Waals surface area contributed by atoms with E-state index in [0.29, 0.717) is 0 Å². The first-order valence-electron chi connectivity index (χ1n) is 6.44. The Morgan fingerprint density at radius 1 is 1.35 bits per heavy atom. The fourth-order valence-corrected chi connectivity index (χ4v) is 3.03. The van der Waals surface area contributed by atoms with E-state index in [9.17, 15) is 9.59 Å². The van der Waals surface area contributed by atoms with Gasteiger partial charge in [-0.25, -0.2) is 0 Å². The summed E-state index contributed by atoms with van der Waals surface area (Å²) < 4.78 is 5.91. The Balaban J connectivity index is 1.92. The minimum absolute atomic E-state index is 0.00364. The van der Waals surface area contributed by atoms with Gasteiger partial charge in [0.1, 0.15) is 0 Å². The molecular formula is C15H17NO3S. The van der Waals surface area contributed by atoms with Gasteiger partial charge in [-0.2, -0.15) is 0 Å². The lowest BCUT2D eigenvalue weighted by Crippen LogP contribution is -2.36. The summed E-state index contributed by atoms with van der Waals surface area (Å²) in [5.74, 6) is -0.719. The van der Waals surface area contributed by atoms with Crippen molar-refractivity contribution in [2.75, 3.05) is 6.61 Å². The molecule has 0 spiro atoms. The van der Waals surface area contributed by atoms with Crippen LogP contribution in [0.4, 0.5) is 0 Å². The Morgan fingerprint density at radius 3 is 2.85 bits per heavy atom. The Labute approximate surface area is 121 Å². The molecule has 4 nitrogen and oxygen atoms in total. The normalized spacial score (nSPS) is 12.1. The number of nitrogens with one attached hydrogen (secondary N) is 1. The van der Waals surface area contributed by atoms with E-state index in [0.717, 1.165) is 6.42 Å². The molecule has 1 aromatic carbocycles. The predicted octanol–water partition coefficient (Wildman–Crippen LogP) is 2.51. The quantitative estimate of drug-likeness (QED) is 0.861.